The van der Waals surface area contributed by atoms with Crippen LogP contribution in [-0.4, -0.2) is 17.5 Å². The topological polar surface area (TPSA) is 32.3 Å². The third-order valence-electron chi connectivity index (χ3n) is 1.23. The Morgan fingerprint density at radius 3 is 2.64 bits per heavy atom. The predicted octanol–water partition coefficient (Wildman–Crippen LogP) is 1.76. The lowest BCUT2D eigenvalue weighted by Gasteiger charge is -1.98. The van der Waals surface area contributed by atoms with Gasteiger partial charge in [0.1, 0.15) is 0 Å². The van der Waals surface area contributed by atoms with Crippen LogP contribution < -0.4 is 5.48 Å². The van der Waals surface area contributed by atoms with Crippen LogP contribution in [0.25, 0.3) is 0 Å². The van der Waals surface area contributed by atoms with Gasteiger partial charge in [-0.05, 0) is 12.1 Å². The van der Waals surface area contributed by atoms with Crippen molar-refractivity contribution in [2.45, 2.75) is 4.90 Å². The molecule has 0 spiro atoms. The molecule has 1 rings (SSSR count). The third kappa shape index (κ3) is 3.41. The predicted molar refractivity (Wildman–Crippen MR) is 47.0 cm³/mol. The Balaban J connectivity index is 2.28. The highest BCUT2D eigenvalue weighted by Crippen LogP contribution is 2.15. The first-order valence-electron chi connectivity index (χ1n) is 3.48. The molecule has 60 valence electrons. The van der Waals surface area contributed by atoms with Gasteiger partial charge in [-0.3, -0.25) is 0 Å². The Kier molecular flexibility index (Phi) is 4.04. The van der Waals surface area contributed by atoms with E-state index in [-0.39, 0.29) is 0 Å². The fraction of sp³-hybridized carbons (Fsp3) is 0.250. The molecular formula is C8H11NOS. The molecule has 0 fully saturated rings. The Labute approximate surface area is 70.6 Å². The third-order valence-corrected chi connectivity index (χ3v) is 2.24. The zero-order valence-electron chi connectivity index (χ0n) is 6.16. The van der Waals surface area contributed by atoms with Crippen molar-refractivity contribution in [2.75, 3.05) is 12.3 Å². The van der Waals surface area contributed by atoms with Gasteiger partial charge in [0.25, 0.3) is 0 Å². The molecule has 3 heteroatoms. The molecule has 0 aliphatic rings. The molecule has 0 saturated carbocycles. The molecule has 1 aromatic rings. The van der Waals surface area contributed by atoms with Crippen LogP contribution in [0.5, 0.6) is 0 Å². The minimum Gasteiger partial charge on any atom is -0.317 e. The van der Waals surface area contributed by atoms with Crippen LogP contribution in [0.4, 0.5) is 0 Å². The average Bonchev–Trinajstić information content (AvgIpc) is 2.07. The normalized spacial score (nSPS) is 9.91. The lowest BCUT2D eigenvalue weighted by Crippen LogP contribution is -2.10. The van der Waals surface area contributed by atoms with E-state index < -0.39 is 0 Å². The number of hydrogen-bond donors (Lipinski definition) is 2. The minimum atomic E-state index is 0.625. The van der Waals surface area contributed by atoms with E-state index in [1.807, 2.05) is 18.2 Å². The summed E-state index contributed by atoms with van der Waals surface area (Å²) in [5, 5.41) is 8.28. The highest BCUT2D eigenvalue weighted by Gasteiger charge is 1.89. The van der Waals surface area contributed by atoms with Gasteiger partial charge in [0, 0.05) is 17.2 Å². The number of hydrogen-bond acceptors (Lipinski definition) is 3. The minimum absolute atomic E-state index is 0.625. The van der Waals surface area contributed by atoms with E-state index in [9.17, 15) is 0 Å². The summed E-state index contributed by atoms with van der Waals surface area (Å²) in [7, 11) is 0. The first-order valence-corrected chi connectivity index (χ1v) is 4.47. The van der Waals surface area contributed by atoms with Crippen LogP contribution in [0, 0.1) is 0 Å². The molecule has 0 aliphatic carbocycles. The van der Waals surface area contributed by atoms with Gasteiger partial charge in [-0.25, -0.2) is 5.48 Å². The Morgan fingerprint density at radius 2 is 2.00 bits per heavy atom. The quantitative estimate of drug-likeness (QED) is 0.409. The largest absolute Gasteiger partial charge is 0.317 e. The molecule has 0 heterocycles. The Hall–Kier alpha value is -0.510. The molecule has 0 aromatic heterocycles. The summed E-state index contributed by atoms with van der Waals surface area (Å²) in [5.41, 5.74) is 2.12. The van der Waals surface area contributed by atoms with E-state index in [1.165, 1.54) is 4.90 Å². The average molecular weight is 169 g/mol. The summed E-state index contributed by atoms with van der Waals surface area (Å²) in [5.74, 6) is 0.889. The van der Waals surface area contributed by atoms with Crippen LogP contribution in [0.2, 0.25) is 0 Å². The van der Waals surface area contributed by atoms with Crippen LogP contribution in [0.3, 0.4) is 0 Å². The Bertz CT molecular complexity index is 191. The summed E-state index contributed by atoms with van der Waals surface area (Å²) >= 11 is 1.72. The second kappa shape index (κ2) is 5.18. The van der Waals surface area contributed by atoms with E-state index in [2.05, 4.69) is 17.6 Å². The molecule has 2 nitrogen and oxygen atoms in total. The zero-order valence-corrected chi connectivity index (χ0v) is 6.97. The lowest BCUT2D eigenvalue weighted by molar-refractivity contribution is 0.174. The summed E-state index contributed by atoms with van der Waals surface area (Å²) in [4.78, 5) is 1.24. The zero-order chi connectivity index (χ0) is 7.94. The monoisotopic (exact) mass is 169 g/mol. The first-order chi connectivity index (χ1) is 5.43. The van der Waals surface area contributed by atoms with E-state index >= 15 is 0 Å². The highest BCUT2D eigenvalue weighted by molar-refractivity contribution is 7.99. The molecule has 0 unspecified atom stereocenters. The SMILES string of the molecule is ONCCSc1ccccc1. The second-order valence-electron chi connectivity index (χ2n) is 2.07. The van der Waals surface area contributed by atoms with Gasteiger partial charge < -0.3 is 5.21 Å². The van der Waals surface area contributed by atoms with Crippen molar-refractivity contribution in [3.8, 4) is 0 Å². The summed E-state index contributed by atoms with van der Waals surface area (Å²) in [6.45, 7) is 0.625. The molecule has 0 bridgehead atoms. The van der Waals surface area contributed by atoms with E-state index in [0.717, 1.165) is 5.75 Å². The summed E-state index contributed by atoms with van der Waals surface area (Å²) < 4.78 is 0. The van der Waals surface area contributed by atoms with Crippen LogP contribution in [-0.2, 0) is 0 Å². The molecule has 1 aromatic carbocycles. The molecule has 0 amide bonds. The molecule has 0 aliphatic heterocycles. The maximum absolute atomic E-state index is 8.28. The molecular weight excluding hydrogens is 158 g/mol. The smallest absolute Gasteiger partial charge is 0.0301 e. The number of thioether (sulfide) groups is 1. The lowest BCUT2D eigenvalue weighted by atomic mass is 10.4. The van der Waals surface area contributed by atoms with Crippen LogP contribution in [0.15, 0.2) is 35.2 Å². The van der Waals surface area contributed by atoms with Gasteiger partial charge >= 0.3 is 0 Å². The van der Waals surface area contributed by atoms with Gasteiger partial charge in [-0.1, -0.05) is 18.2 Å². The molecule has 0 radical (unpaired) electrons. The van der Waals surface area contributed by atoms with Gasteiger partial charge in [-0.2, -0.15) is 0 Å². The van der Waals surface area contributed by atoms with Crippen molar-refractivity contribution < 1.29 is 5.21 Å². The number of rotatable bonds is 4. The van der Waals surface area contributed by atoms with Crippen molar-refractivity contribution >= 4 is 11.8 Å². The number of nitrogens with one attached hydrogen (secondary N) is 1. The van der Waals surface area contributed by atoms with E-state index in [0.29, 0.717) is 6.54 Å². The summed E-state index contributed by atoms with van der Waals surface area (Å²) in [6.07, 6.45) is 0. The Morgan fingerprint density at radius 1 is 1.27 bits per heavy atom. The van der Waals surface area contributed by atoms with Gasteiger partial charge in [0.15, 0.2) is 0 Å². The maximum Gasteiger partial charge on any atom is 0.0301 e. The van der Waals surface area contributed by atoms with Crippen LogP contribution in [0.1, 0.15) is 0 Å². The van der Waals surface area contributed by atoms with Crippen molar-refractivity contribution in [3.63, 3.8) is 0 Å². The van der Waals surface area contributed by atoms with Crippen molar-refractivity contribution in [2.24, 2.45) is 0 Å². The van der Waals surface area contributed by atoms with Crippen LogP contribution >= 0.6 is 11.8 Å². The van der Waals surface area contributed by atoms with Crippen molar-refractivity contribution in [1.82, 2.24) is 5.48 Å². The molecule has 0 saturated heterocycles. The number of hydroxylamine groups is 1. The van der Waals surface area contributed by atoms with Gasteiger partial charge in [-0.15, -0.1) is 11.8 Å². The fourth-order valence-corrected chi connectivity index (χ4v) is 1.51. The van der Waals surface area contributed by atoms with Crippen molar-refractivity contribution in [1.29, 1.82) is 0 Å². The molecule has 2 N–H and O–H groups in total. The second-order valence-corrected chi connectivity index (χ2v) is 3.24. The summed E-state index contributed by atoms with van der Waals surface area (Å²) in [6, 6.07) is 10.1. The first kappa shape index (κ1) is 8.59. The highest BCUT2D eigenvalue weighted by atomic mass is 32.2. The maximum atomic E-state index is 8.28. The number of benzene rings is 1. The van der Waals surface area contributed by atoms with E-state index in [1.54, 1.807) is 11.8 Å². The molecule has 11 heavy (non-hydrogen) atoms. The standard InChI is InChI=1S/C8H11NOS/c10-9-6-7-11-8-4-2-1-3-5-8/h1-5,9-10H,6-7H2. The van der Waals surface area contributed by atoms with Crippen molar-refractivity contribution in [3.05, 3.63) is 30.3 Å². The van der Waals surface area contributed by atoms with Gasteiger partial charge in [0.05, 0.1) is 0 Å². The fourth-order valence-electron chi connectivity index (χ4n) is 0.731. The van der Waals surface area contributed by atoms with Gasteiger partial charge in [0.2, 0.25) is 0 Å². The molecule has 0 atom stereocenters. The van der Waals surface area contributed by atoms with E-state index in [4.69, 9.17) is 5.21 Å².